The number of furan rings is 1. The Morgan fingerprint density at radius 2 is 1.48 bits per heavy atom. The van der Waals surface area contributed by atoms with Gasteiger partial charge >= 0.3 is 0 Å². The monoisotopic (exact) mass is 621 g/mol. The van der Waals surface area contributed by atoms with Crippen molar-refractivity contribution in [2.24, 2.45) is 0 Å². The molecule has 5 aromatic rings. The summed E-state index contributed by atoms with van der Waals surface area (Å²) in [6.07, 6.45) is 1.49. The number of hydrogen-bond donors (Lipinski definition) is 3. The smallest absolute Gasteiger partial charge is 0.272 e. The van der Waals surface area contributed by atoms with Gasteiger partial charge in [-0.2, -0.15) is 0 Å². The van der Waals surface area contributed by atoms with Crippen molar-refractivity contribution >= 4 is 58.5 Å². The topological polar surface area (TPSA) is 100 Å². The summed E-state index contributed by atoms with van der Waals surface area (Å²) >= 11 is 7.42. The lowest BCUT2D eigenvalue weighted by Crippen LogP contribution is -2.30. The van der Waals surface area contributed by atoms with Gasteiger partial charge < -0.3 is 20.4 Å². The summed E-state index contributed by atoms with van der Waals surface area (Å²) in [5, 5.41) is 9.05. The van der Waals surface area contributed by atoms with E-state index in [9.17, 15) is 14.4 Å². The van der Waals surface area contributed by atoms with Crippen molar-refractivity contribution in [1.29, 1.82) is 0 Å². The maximum Gasteiger partial charge on any atom is 0.272 e. The van der Waals surface area contributed by atoms with Gasteiger partial charge in [-0.25, -0.2) is 0 Å². The van der Waals surface area contributed by atoms with E-state index in [-0.39, 0.29) is 17.4 Å². The molecule has 0 bridgehead atoms. The van der Waals surface area contributed by atoms with Crippen LogP contribution in [0.5, 0.6) is 0 Å². The summed E-state index contributed by atoms with van der Waals surface area (Å²) in [6, 6.07) is 34.2. The van der Waals surface area contributed by atoms with Crippen molar-refractivity contribution in [3.8, 4) is 11.3 Å². The van der Waals surface area contributed by atoms with Gasteiger partial charge in [0.05, 0.1) is 5.75 Å². The van der Waals surface area contributed by atoms with Crippen LogP contribution < -0.4 is 16.0 Å². The SMILES string of the molecule is Cc1cc(NC(=O)CSc2ccc(NC(=O)/C(=C\c3ccc(-c4ccccc4)o3)NC(=O)c3ccccc3)cc2)ccc1Cl. The van der Waals surface area contributed by atoms with Gasteiger partial charge in [0, 0.05) is 38.5 Å². The molecule has 0 saturated heterocycles. The van der Waals surface area contributed by atoms with Gasteiger partial charge in [0.25, 0.3) is 11.8 Å². The molecule has 1 aromatic heterocycles. The highest BCUT2D eigenvalue weighted by Gasteiger charge is 2.16. The maximum absolute atomic E-state index is 13.4. The molecule has 0 unspecified atom stereocenters. The maximum atomic E-state index is 13.4. The molecular weight excluding hydrogens is 594 g/mol. The number of carbonyl (C=O) groups excluding carboxylic acids is 3. The summed E-state index contributed by atoms with van der Waals surface area (Å²) < 4.78 is 5.95. The number of benzene rings is 4. The van der Waals surface area contributed by atoms with Crippen molar-refractivity contribution in [2.75, 3.05) is 16.4 Å². The zero-order chi connectivity index (χ0) is 30.9. The van der Waals surface area contributed by atoms with E-state index in [2.05, 4.69) is 16.0 Å². The van der Waals surface area contributed by atoms with Crippen LogP contribution in [0.1, 0.15) is 21.7 Å². The molecule has 0 aliphatic rings. The molecule has 3 amide bonds. The van der Waals surface area contributed by atoms with Crippen LogP contribution >= 0.6 is 23.4 Å². The van der Waals surface area contributed by atoms with Crippen molar-refractivity contribution in [1.82, 2.24) is 5.32 Å². The third-order valence-corrected chi connectivity index (χ3v) is 7.86. The number of rotatable bonds is 10. The van der Waals surface area contributed by atoms with Gasteiger partial charge in [-0.1, -0.05) is 60.1 Å². The zero-order valence-corrected chi connectivity index (χ0v) is 25.2. The number of hydrogen-bond acceptors (Lipinski definition) is 5. The van der Waals surface area contributed by atoms with Crippen LogP contribution in [0.25, 0.3) is 17.4 Å². The minimum absolute atomic E-state index is 0.0142. The summed E-state index contributed by atoms with van der Waals surface area (Å²) in [5.41, 5.74) is 3.40. The molecule has 1 heterocycles. The molecule has 0 atom stereocenters. The van der Waals surface area contributed by atoms with Gasteiger partial charge in [-0.05, 0) is 79.2 Å². The zero-order valence-electron chi connectivity index (χ0n) is 23.7. The molecule has 0 spiro atoms. The van der Waals surface area contributed by atoms with E-state index < -0.39 is 11.8 Å². The Morgan fingerprint density at radius 1 is 0.795 bits per heavy atom. The van der Waals surface area contributed by atoms with Gasteiger partial charge in [0.15, 0.2) is 0 Å². The molecule has 220 valence electrons. The molecule has 0 aliphatic heterocycles. The molecule has 5 rings (SSSR count). The van der Waals surface area contributed by atoms with E-state index in [0.717, 1.165) is 16.0 Å². The van der Waals surface area contributed by atoms with Crippen LogP contribution in [0, 0.1) is 6.92 Å². The van der Waals surface area contributed by atoms with E-state index in [0.29, 0.717) is 33.5 Å². The second-order valence-corrected chi connectivity index (χ2v) is 11.2. The first kappa shape index (κ1) is 30.4. The van der Waals surface area contributed by atoms with Crippen molar-refractivity contribution in [3.05, 3.63) is 143 Å². The molecule has 44 heavy (non-hydrogen) atoms. The number of carbonyl (C=O) groups is 3. The van der Waals surface area contributed by atoms with E-state index in [4.69, 9.17) is 16.0 Å². The number of halogens is 1. The molecule has 0 aliphatic carbocycles. The number of aryl methyl sites for hydroxylation is 1. The fraction of sp³-hybridized carbons (Fsp3) is 0.0571. The Balaban J connectivity index is 1.25. The Morgan fingerprint density at radius 3 is 2.18 bits per heavy atom. The lowest BCUT2D eigenvalue weighted by atomic mass is 10.2. The Kier molecular flexibility index (Phi) is 9.96. The first-order valence-corrected chi connectivity index (χ1v) is 15.0. The third kappa shape index (κ3) is 8.28. The van der Waals surface area contributed by atoms with E-state index in [1.807, 2.05) is 67.6 Å². The van der Waals surface area contributed by atoms with Crippen LogP contribution in [0.3, 0.4) is 0 Å². The van der Waals surface area contributed by atoms with E-state index >= 15 is 0 Å². The molecule has 0 radical (unpaired) electrons. The minimum Gasteiger partial charge on any atom is -0.457 e. The predicted molar refractivity (Wildman–Crippen MR) is 177 cm³/mol. The third-order valence-electron chi connectivity index (χ3n) is 6.42. The fourth-order valence-electron chi connectivity index (χ4n) is 4.17. The normalized spacial score (nSPS) is 11.1. The standard InChI is InChI=1S/C35H28ClN3O4S/c1-23-20-27(14-18-30(23)36)37-33(40)22-44-29-16-12-26(13-17-29)38-35(42)31(39-34(41)25-10-6-3-7-11-25)21-28-15-19-32(43-28)24-8-4-2-5-9-24/h2-21H,22H2,1H3,(H,37,40)(H,38,42)(H,39,41)/b31-21+. The summed E-state index contributed by atoms with van der Waals surface area (Å²) in [6.45, 7) is 1.88. The first-order valence-electron chi connectivity index (χ1n) is 13.7. The number of thioether (sulfide) groups is 1. The summed E-state index contributed by atoms with van der Waals surface area (Å²) in [7, 11) is 0. The Bertz CT molecular complexity index is 1800. The minimum atomic E-state index is -0.523. The molecule has 7 nitrogen and oxygen atoms in total. The second-order valence-electron chi connectivity index (χ2n) is 9.73. The van der Waals surface area contributed by atoms with Gasteiger partial charge in [0.1, 0.15) is 17.2 Å². The predicted octanol–water partition coefficient (Wildman–Crippen LogP) is 8.05. The van der Waals surface area contributed by atoms with Crippen LogP contribution in [-0.4, -0.2) is 23.5 Å². The number of anilines is 2. The van der Waals surface area contributed by atoms with Crippen LogP contribution in [-0.2, 0) is 9.59 Å². The molecule has 3 N–H and O–H groups in total. The molecule has 0 saturated carbocycles. The van der Waals surface area contributed by atoms with Gasteiger partial charge in [0.2, 0.25) is 5.91 Å². The molecule has 0 fully saturated rings. The van der Waals surface area contributed by atoms with Crippen LogP contribution in [0.2, 0.25) is 5.02 Å². The molecule has 4 aromatic carbocycles. The summed E-state index contributed by atoms with van der Waals surface area (Å²) in [5.74, 6) is 0.147. The molecular formula is C35H28ClN3O4S. The van der Waals surface area contributed by atoms with E-state index in [1.54, 1.807) is 54.6 Å². The summed E-state index contributed by atoms with van der Waals surface area (Å²) in [4.78, 5) is 39.6. The highest BCUT2D eigenvalue weighted by Crippen LogP contribution is 2.25. The van der Waals surface area contributed by atoms with Gasteiger partial charge in [-0.3, -0.25) is 14.4 Å². The lowest BCUT2D eigenvalue weighted by Gasteiger charge is -2.11. The Labute approximate surface area is 264 Å². The highest BCUT2D eigenvalue weighted by atomic mass is 35.5. The second kappa shape index (κ2) is 14.4. The largest absolute Gasteiger partial charge is 0.457 e. The quantitative estimate of drug-likeness (QED) is 0.108. The number of nitrogens with one attached hydrogen (secondary N) is 3. The average molecular weight is 622 g/mol. The van der Waals surface area contributed by atoms with Crippen LogP contribution in [0.15, 0.2) is 130 Å². The first-order chi connectivity index (χ1) is 21.3. The highest BCUT2D eigenvalue weighted by molar-refractivity contribution is 8.00. The lowest BCUT2D eigenvalue weighted by molar-refractivity contribution is -0.114. The van der Waals surface area contributed by atoms with Crippen molar-refractivity contribution in [2.45, 2.75) is 11.8 Å². The van der Waals surface area contributed by atoms with E-state index in [1.165, 1.54) is 17.8 Å². The molecule has 9 heteroatoms. The average Bonchev–Trinajstić information content (AvgIpc) is 3.51. The number of amides is 3. The van der Waals surface area contributed by atoms with Crippen molar-refractivity contribution < 1.29 is 18.8 Å². The van der Waals surface area contributed by atoms with Crippen LogP contribution in [0.4, 0.5) is 11.4 Å². The van der Waals surface area contributed by atoms with Crippen molar-refractivity contribution in [3.63, 3.8) is 0 Å². The fourth-order valence-corrected chi connectivity index (χ4v) is 4.99. The Hall–Kier alpha value is -5.05. The van der Waals surface area contributed by atoms with Gasteiger partial charge in [-0.15, -0.1) is 11.8 Å².